The quantitative estimate of drug-likeness (QED) is 0.640. The molecule has 2 amide bonds. The Morgan fingerprint density at radius 2 is 1.90 bits per heavy atom. The summed E-state index contributed by atoms with van der Waals surface area (Å²) in [7, 11) is 0. The zero-order valence-electron chi connectivity index (χ0n) is 10.2. The molecule has 20 heavy (non-hydrogen) atoms. The second-order valence-electron chi connectivity index (χ2n) is 3.83. The number of aromatic nitrogens is 1. The number of carboxylic acid groups (broad SMARTS) is 1. The van der Waals surface area contributed by atoms with Crippen molar-refractivity contribution in [3.8, 4) is 5.75 Å². The zero-order valence-corrected chi connectivity index (χ0v) is 10.2. The van der Waals surface area contributed by atoms with Crippen molar-refractivity contribution < 1.29 is 19.8 Å². The number of carboxylic acids is 1. The van der Waals surface area contributed by atoms with Crippen LogP contribution < -0.4 is 10.6 Å². The van der Waals surface area contributed by atoms with Crippen molar-refractivity contribution >= 4 is 23.5 Å². The molecule has 1 aromatic carbocycles. The van der Waals surface area contributed by atoms with Crippen molar-refractivity contribution in [3.63, 3.8) is 0 Å². The third-order valence-electron chi connectivity index (χ3n) is 2.39. The second-order valence-corrected chi connectivity index (χ2v) is 3.83. The molecular weight excluding hydrogens is 262 g/mol. The molecule has 0 bridgehead atoms. The van der Waals surface area contributed by atoms with E-state index in [-0.39, 0.29) is 17.0 Å². The molecule has 0 atom stereocenters. The molecule has 1 heterocycles. The van der Waals surface area contributed by atoms with Crippen LogP contribution in [0.15, 0.2) is 42.6 Å². The van der Waals surface area contributed by atoms with E-state index in [9.17, 15) is 14.7 Å². The third kappa shape index (κ3) is 3.22. The summed E-state index contributed by atoms with van der Waals surface area (Å²) in [5.41, 5.74) is -0.0470. The Morgan fingerprint density at radius 1 is 1.10 bits per heavy atom. The molecule has 0 saturated carbocycles. The summed E-state index contributed by atoms with van der Waals surface area (Å²) in [6.07, 6.45) is 1.53. The van der Waals surface area contributed by atoms with Crippen LogP contribution in [0.2, 0.25) is 0 Å². The number of aromatic hydroxyl groups is 1. The number of pyridine rings is 1. The topological polar surface area (TPSA) is 112 Å². The first-order valence-corrected chi connectivity index (χ1v) is 5.61. The van der Waals surface area contributed by atoms with Gasteiger partial charge in [-0.25, -0.2) is 14.6 Å². The molecule has 4 N–H and O–H groups in total. The van der Waals surface area contributed by atoms with Gasteiger partial charge in [0.25, 0.3) is 0 Å². The van der Waals surface area contributed by atoms with E-state index < -0.39 is 12.0 Å². The summed E-state index contributed by atoms with van der Waals surface area (Å²) < 4.78 is 0. The van der Waals surface area contributed by atoms with E-state index in [1.807, 2.05) is 0 Å². The van der Waals surface area contributed by atoms with Gasteiger partial charge in [0.2, 0.25) is 0 Å². The monoisotopic (exact) mass is 273 g/mol. The zero-order chi connectivity index (χ0) is 14.5. The molecule has 0 fully saturated rings. The Balaban J connectivity index is 2.08. The van der Waals surface area contributed by atoms with Gasteiger partial charge in [0.05, 0.1) is 0 Å². The second kappa shape index (κ2) is 5.70. The number of aromatic carboxylic acids is 1. The number of hydrogen-bond donors (Lipinski definition) is 4. The van der Waals surface area contributed by atoms with Crippen molar-refractivity contribution in [2.24, 2.45) is 0 Å². The van der Waals surface area contributed by atoms with Crippen molar-refractivity contribution in [1.82, 2.24) is 4.98 Å². The smallest absolute Gasteiger partial charge is 0.339 e. The van der Waals surface area contributed by atoms with Crippen LogP contribution in [0.4, 0.5) is 16.3 Å². The van der Waals surface area contributed by atoms with Gasteiger partial charge in [-0.15, -0.1) is 0 Å². The number of benzene rings is 1. The van der Waals surface area contributed by atoms with E-state index in [0.29, 0.717) is 5.82 Å². The van der Waals surface area contributed by atoms with Gasteiger partial charge in [-0.3, -0.25) is 5.32 Å². The number of nitrogens with zero attached hydrogens (tertiary/aromatic N) is 1. The van der Waals surface area contributed by atoms with Gasteiger partial charge in [-0.05, 0) is 30.3 Å². The molecule has 2 rings (SSSR count). The predicted octanol–water partition coefficient (Wildman–Crippen LogP) is 2.13. The lowest BCUT2D eigenvalue weighted by Gasteiger charge is -2.08. The van der Waals surface area contributed by atoms with E-state index in [0.717, 1.165) is 6.07 Å². The van der Waals surface area contributed by atoms with Crippen LogP contribution in [0.1, 0.15) is 10.4 Å². The highest BCUT2D eigenvalue weighted by Crippen LogP contribution is 2.21. The number of nitrogens with one attached hydrogen (secondary N) is 2. The van der Waals surface area contributed by atoms with Gasteiger partial charge in [-0.2, -0.15) is 0 Å². The third-order valence-corrected chi connectivity index (χ3v) is 2.39. The van der Waals surface area contributed by atoms with Gasteiger partial charge < -0.3 is 15.5 Å². The van der Waals surface area contributed by atoms with E-state index in [1.54, 1.807) is 18.2 Å². The van der Waals surface area contributed by atoms with Crippen LogP contribution in [0.5, 0.6) is 5.75 Å². The number of rotatable bonds is 3. The van der Waals surface area contributed by atoms with Crippen LogP contribution in [0.25, 0.3) is 0 Å². The fourth-order valence-electron chi connectivity index (χ4n) is 1.50. The predicted molar refractivity (Wildman–Crippen MR) is 71.9 cm³/mol. The lowest BCUT2D eigenvalue weighted by atomic mass is 10.2. The minimum absolute atomic E-state index is 0.244. The van der Waals surface area contributed by atoms with E-state index in [1.165, 1.54) is 18.3 Å². The number of urea groups is 1. The van der Waals surface area contributed by atoms with E-state index >= 15 is 0 Å². The Bertz CT molecular complexity index is 643. The molecule has 7 nitrogen and oxygen atoms in total. The standard InChI is InChI=1S/C13H11N3O4/c17-10-5-4-8(7-9(10)12(18)19)15-13(20)16-11-3-1-2-6-14-11/h1-7,17H,(H,18,19)(H2,14,15,16,20). The lowest BCUT2D eigenvalue weighted by Crippen LogP contribution is -2.20. The van der Waals surface area contributed by atoms with Gasteiger partial charge in [-0.1, -0.05) is 6.07 Å². The van der Waals surface area contributed by atoms with Crippen LogP contribution in [-0.2, 0) is 0 Å². The number of phenols is 1. The summed E-state index contributed by atoms with van der Waals surface area (Å²) in [5, 5.41) is 23.1. The van der Waals surface area contributed by atoms with Crippen molar-refractivity contribution in [3.05, 3.63) is 48.2 Å². The SMILES string of the molecule is O=C(Nc1ccc(O)c(C(=O)O)c1)Nc1ccccn1. The van der Waals surface area contributed by atoms with E-state index in [2.05, 4.69) is 15.6 Å². The van der Waals surface area contributed by atoms with E-state index in [4.69, 9.17) is 5.11 Å². The largest absolute Gasteiger partial charge is 0.507 e. The fraction of sp³-hybridized carbons (Fsp3) is 0. The summed E-state index contributed by atoms with van der Waals surface area (Å²) in [6.45, 7) is 0. The molecule has 0 saturated heterocycles. The summed E-state index contributed by atoms with van der Waals surface area (Å²) >= 11 is 0. The maximum Gasteiger partial charge on any atom is 0.339 e. The molecule has 0 aliphatic carbocycles. The molecule has 2 aromatic rings. The summed E-state index contributed by atoms with van der Waals surface area (Å²) in [6, 6.07) is 8.22. The molecule has 1 aromatic heterocycles. The highest BCUT2D eigenvalue weighted by molar-refractivity contribution is 6.00. The van der Waals surface area contributed by atoms with Crippen LogP contribution in [0, 0.1) is 0 Å². The number of hydrogen-bond acceptors (Lipinski definition) is 4. The fourth-order valence-corrected chi connectivity index (χ4v) is 1.50. The molecule has 0 aliphatic heterocycles. The molecule has 0 radical (unpaired) electrons. The average Bonchev–Trinajstić information content (AvgIpc) is 2.41. The van der Waals surface area contributed by atoms with Gasteiger partial charge in [0.1, 0.15) is 17.1 Å². The number of anilines is 2. The normalized spacial score (nSPS) is 9.80. The molecule has 7 heteroatoms. The Morgan fingerprint density at radius 3 is 2.55 bits per heavy atom. The highest BCUT2D eigenvalue weighted by atomic mass is 16.4. The maximum absolute atomic E-state index is 11.7. The minimum atomic E-state index is -1.28. The van der Waals surface area contributed by atoms with Crippen LogP contribution in [-0.4, -0.2) is 27.2 Å². The summed E-state index contributed by atoms with van der Waals surface area (Å²) in [5.74, 6) is -1.29. The van der Waals surface area contributed by atoms with Gasteiger partial charge in [0.15, 0.2) is 0 Å². The average molecular weight is 273 g/mol. The highest BCUT2D eigenvalue weighted by Gasteiger charge is 2.11. The Kier molecular flexibility index (Phi) is 3.80. The molecule has 102 valence electrons. The Labute approximate surface area is 113 Å². The first-order chi connectivity index (χ1) is 9.56. The first-order valence-electron chi connectivity index (χ1n) is 5.61. The minimum Gasteiger partial charge on any atom is -0.507 e. The Hall–Kier alpha value is -3.09. The van der Waals surface area contributed by atoms with Crippen LogP contribution >= 0.6 is 0 Å². The number of carbonyl (C=O) groups excluding carboxylic acids is 1. The number of carbonyl (C=O) groups is 2. The molecule has 0 spiro atoms. The lowest BCUT2D eigenvalue weighted by molar-refractivity contribution is 0.0693. The molecule has 0 unspecified atom stereocenters. The molecule has 0 aliphatic rings. The first kappa shape index (κ1) is 13.3. The van der Waals surface area contributed by atoms with Gasteiger partial charge in [0, 0.05) is 11.9 Å². The van der Waals surface area contributed by atoms with Crippen LogP contribution in [0.3, 0.4) is 0 Å². The molecular formula is C13H11N3O4. The van der Waals surface area contributed by atoms with Crippen molar-refractivity contribution in [2.75, 3.05) is 10.6 Å². The number of amides is 2. The van der Waals surface area contributed by atoms with Gasteiger partial charge >= 0.3 is 12.0 Å². The maximum atomic E-state index is 11.7. The van der Waals surface area contributed by atoms with Crippen molar-refractivity contribution in [2.45, 2.75) is 0 Å². The van der Waals surface area contributed by atoms with Crippen molar-refractivity contribution in [1.29, 1.82) is 0 Å². The summed E-state index contributed by atoms with van der Waals surface area (Å²) in [4.78, 5) is 26.4.